The van der Waals surface area contributed by atoms with E-state index in [0.29, 0.717) is 11.5 Å². The third-order valence-electron chi connectivity index (χ3n) is 6.15. The second-order valence-electron chi connectivity index (χ2n) is 9.35. The summed E-state index contributed by atoms with van der Waals surface area (Å²) >= 11 is 0. The van der Waals surface area contributed by atoms with E-state index in [1.165, 1.54) is 0 Å². The largest absolute Gasteiger partial charge is 0.496 e. The van der Waals surface area contributed by atoms with Crippen molar-refractivity contribution in [3.63, 3.8) is 0 Å². The van der Waals surface area contributed by atoms with Crippen molar-refractivity contribution in [1.82, 2.24) is 0 Å². The fourth-order valence-corrected chi connectivity index (χ4v) is 4.69. The van der Waals surface area contributed by atoms with Gasteiger partial charge < -0.3 is 24.6 Å². The number of nitrogens with one attached hydrogen (secondary N) is 1. The standard InChI is InChI=1S/C29H33NO4/c1-18-7-9-20(10-8-18)28(31)27-23(13-14-24-26(27)19(2)16-29(3,4)30-24)22-12-11-21(34-17-32-5)15-25(22)33-6/h7-16,28,30-31H,17H2,1-6H3. The number of anilines is 1. The van der Waals surface area contributed by atoms with Gasteiger partial charge in [-0.3, -0.25) is 0 Å². The van der Waals surface area contributed by atoms with E-state index < -0.39 is 6.10 Å². The molecule has 0 aromatic heterocycles. The molecule has 34 heavy (non-hydrogen) atoms. The van der Waals surface area contributed by atoms with Crippen LogP contribution in [0.3, 0.4) is 0 Å². The molecule has 3 aromatic carbocycles. The van der Waals surface area contributed by atoms with Crippen LogP contribution < -0.4 is 14.8 Å². The first-order valence-corrected chi connectivity index (χ1v) is 11.4. The van der Waals surface area contributed by atoms with Crippen molar-refractivity contribution in [2.24, 2.45) is 0 Å². The summed E-state index contributed by atoms with van der Waals surface area (Å²) in [5.74, 6) is 1.32. The number of aliphatic hydroxyl groups excluding tert-OH is 1. The Morgan fingerprint density at radius 3 is 2.32 bits per heavy atom. The van der Waals surface area contributed by atoms with Gasteiger partial charge in [0.25, 0.3) is 0 Å². The Morgan fingerprint density at radius 1 is 0.941 bits per heavy atom. The van der Waals surface area contributed by atoms with Gasteiger partial charge in [0.1, 0.15) is 17.6 Å². The molecule has 178 valence electrons. The minimum Gasteiger partial charge on any atom is -0.496 e. The van der Waals surface area contributed by atoms with Crippen molar-refractivity contribution in [2.75, 3.05) is 26.3 Å². The van der Waals surface area contributed by atoms with Crippen molar-refractivity contribution in [2.45, 2.75) is 39.3 Å². The van der Waals surface area contributed by atoms with Crippen LogP contribution in [0, 0.1) is 6.92 Å². The lowest BCUT2D eigenvalue weighted by atomic mass is 9.81. The normalized spacial score (nSPS) is 15.1. The second-order valence-corrected chi connectivity index (χ2v) is 9.35. The molecule has 5 nitrogen and oxygen atoms in total. The SMILES string of the molecule is COCOc1ccc(-c2ccc3c(c2C(O)c2ccc(C)cc2)C(C)=CC(C)(C)N3)c(OC)c1. The smallest absolute Gasteiger partial charge is 0.188 e. The molecule has 0 amide bonds. The fourth-order valence-electron chi connectivity index (χ4n) is 4.69. The molecule has 1 heterocycles. The molecule has 0 fully saturated rings. The fraction of sp³-hybridized carbons (Fsp3) is 0.310. The molecular weight excluding hydrogens is 426 g/mol. The molecule has 1 atom stereocenters. The zero-order valence-electron chi connectivity index (χ0n) is 20.7. The van der Waals surface area contributed by atoms with Gasteiger partial charge in [0, 0.05) is 35.6 Å². The minimum absolute atomic E-state index is 0.157. The third-order valence-corrected chi connectivity index (χ3v) is 6.15. The van der Waals surface area contributed by atoms with Gasteiger partial charge in [-0.2, -0.15) is 0 Å². The van der Waals surface area contributed by atoms with Gasteiger partial charge in [-0.25, -0.2) is 0 Å². The Hall–Kier alpha value is -3.28. The second kappa shape index (κ2) is 9.53. The van der Waals surface area contributed by atoms with Crippen LogP contribution in [0.5, 0.6) is 11.5 Å². The van der Waals surface area contributed by atoms with E-state index in [9.17, 15) is 5.11 Å². The minimum atomic E-state index is -0.814. The van der Waals surface area contributed by atoms with Crippen molar-refractivity contribution in [1.29, 1.82) is 0 Å². The van der Waals surface area contributed by atoms with Gasteiger partial charge in [-0.05, 0) is 62.6 Å². The maximum atomic E-state index is 11.7. The summed E-state index contributed by atoms with van der Waals surface area (Å²) in [5.41, 5.74) is 7.62. The summed E-state index contributed by atoms with van der Waals surface area (Å²) in [6.07, 6.45) is 1.40. The average molecular weight is 460 g/mol. The highest BCUT2D eigenvalue weighted by atomic mass is 16.7. The number of aryl methyl sites for hydroxylation is 1. The predicted octanol–water partition coefficient (Wildman–Crippen LogP) is 6.34. The Labute approximate surface area is 202 Å². The first kappa shape index (κ1) is 23.9. The topological polar surface area (TPSA) is 60.0 Å². The van der Waals surface area contributed by atoms with Gasteiger partial charge >= 0.3 is 0 Å². The predicted molar refractivity (Wildman–Crippen MR) is 138 cm³/mol. The summed E-state index contributed by atoms with van der Waals surface area (Å²) < 4.78 is 16.4. The van der Waals surface area contributed by atoms with E-state index in [-0.39, 0.29) is 12.3 Å². The molecule has 1 unspecified atom stereocenters. The Bertz CT molecular complexity index is 1210. The van der Waals surface area contributed by atoms with E-state index in [1.54, 1.807) is 14.2 Å². The third kappa shape index (κ3) is 4.67. The molecule has 5 heteroatoms. The van der Waals surface area contributed by atoms with Crippen LogP contribution in [0.1, 0.15) is 49.1 Å². The number of benzene rings is 3. The van der Waals surface area contributed by atoms with E-state index in [2.05, 4.69) is 44.3 Å². The molecule has 3 aromatic rings. The van der Waals surface area contributed by atoms with Crippen molar-refractivity contribution in [3.05, 3.63) is 82.9 Å². The summed E-state index contributed by atoms with van der Waals surface area (Å²) in [6, 6.07) is 17.9. The molecule has 4 rings (SSSR count). The van der Waals surface area contributed by atoms with Gasteiger partial charge in [-0.1, -0.05) is 42.0 Å². The number of ether oxygens (including phenoxy) is 3. The van der Waals surface area contributed by atoms with Crippen LogP contribution in [0.15, 0.2) is 60.7 Å². The van der Waals surface area contributed by atoms with Crippen LogP contribution in [0.4, 0.5) is 5.69 Å². The van der Waals surface area contributed by atoms with Crippen molar-refractivity contribution in [3.8, 4) is 22.6 Å². The highest BCUT2D eigenvalue weighted by Crippen LogP contribution is 2.46. The summed E-state index contributed by atoms with van der Waals surface area (Å²) in [4.78, 5) is 0. The lowest BCUT2D eigenvalue weighted by molar-refractivity contribution is 0.0510. The summed E-state index contributed by atoms with van der Waals surface area (Å²) in [6.45, 7) is 8.60. The van der Waals surface area contributed by atoms with Gasteiger partial charge in [0.15, 0.2) is 6.79 Å². The number of hydrogen-bond donors (Lipinski definition) is 2. The molecule has 0 aliphatic carbocycles. The highest BCUT2D eigenvalue weighted by molar-refractivity contribution is 5.89. The van der Waals surface area contributed by atoms with Crippen LogP contribution in [-0.2, 0) is 4.74 Å². The van der Waals surface area contributed by atoms with Crippen LogP contribution in [0.25, 0.3) is 16.7 Å². The van der Waals surface area contributed by atoms with Gasteiger partial charge in [0.2, 0.25) is 0 Å². The van der Waals surface area contributed by atoms with E-state index in [1.807, 2.05) is 49.4 Å². The van der Waals surface area contributed by atoms with Crippen LogP contribution in [-0.4, -0.2) is 31.7 Å². The van der Waals surface area contributed by atoms with Crippen molar-refractivity contribution < 1.29 is 19.3 Å². The number of methoxy groups -OCH3 is 2. The van der Waals surface area contributed by atoms with Crippen molar-refractivity contribution >= 4 is 11.3 Å². The Morgan fingerprint density at radius 2 is 1.65 bits per heavy atom. The zero-order chi connectivity index (χ0) is 24.5. The maximum Gasteiger partial charge on any atom is 0.188 e. The summed E-state index contributed by atoms with van der Waals surface area (Å²) in [5, 5.41) is 15.3. The molecule has 1 aliphatic rings. The van der Waals surface area contributed by atoms with Gasteiger partial charge in [-0.15, -0.1) is 0 Å². The molecular formula is C29H33NO4. The highest BCUT2D eigenvalue weighted by Gasteiger charge is 2.30. The van der Waals surface area contributed by atoms with Gasteiger partial charge in [0.05, 0.1) is 12.6 Å². The first-order chi connectivity index (χ1) is 16.2. The number of allylic oxidation sites excluding steroid dienone is 1. The molecule has 0 bridgehead atoms. The lowest BCUT2D eigenvalue weighted by Crippen LogP contribution is -2.32. The molecule has 1 aliphatic heterocycles. The Balaban J connectivity index is 1.94. The van der Waals surface area contributed by atoms with E-state index >= 15 is 0 Å². The lowest BCUT2D eigenvalue weighted by Gasteiger charge is -2.34. The number of fused-ring (bicyclic) bond motifs is 1. The number of aliphatic hydroxyl groups is 1. The molecule has 0 saturated heterocycles. The molecule has 0 radical (unpaired) electrons. The maximum absolute atomic E-state index is 11.7. The molecule has 0 spiro atoms. The van der Waals surface area contributed by atoms with Crippen LogP contribution >= 0.6 is 0 Å². The first-order valence-electron chi connectivity index (χ1n) is 11.4. The average Bonchev–Trinajstić information content (AvgIpc) is 2.81. The zero-order valence-corrected chi connectivity index (χ0v) is 20.7. The Kier molecular flexibility index (Phi) is 6.69. The van der Waals surface area contributed by atoms with E-state index in [4.69, 9.17) is 14.2 Å². The van der Waals surface area contributed by atoms with Crippen LogP contribution in [0.2, 0.25) is 0 Å². The summed E-state index contributed by atoms with van der Waals surface area (Å²) in [7, 11) is 3.23. The monoisotopic (exact) mass is 459 g/mol. The number of rotatable bonds is 7. The van der Waals surface area contributed by atoms with E-state index in [0.717, 1.165) is 44.6 Å². The quantitative estimate of drug-likeness (QED) is 0.404. The molecule has 2 N–H and O–H groups in total. The molecule has 0 saturated carbocycles. The number of hydrogen-bond acceptors (Lipinski definition) is 5.